The summed E-state index contributed by atoms with van der Waals surface area (Å²) >= 11 is 0. The number of rotatable bonds is 0. The largest absolute Gasteiger partial charge is 0.502 e. The first-order valence-corrected chi connectivity index (χ1v) is 11.7. The van der Waals surface area contributed by atoms with Gasteiger partial charge < -0.3 is 20.1 Å². The molecule has 3 heterocycles. The van der Waals surface area contributed by atoms with E-state index in [1.807, 2.05) is 11.1 Å². The lowest BCUT2D eigenvalue weighted by molar-refractivity contribution is 0.0730. The molecule has 2 N–H and O–H groups in total. The van der Waals surface area contributed by atoms with Crippen LogP contribution in [0.15, 0.2) is 41.3 Å². The van der Waals surface area contributed by atoms with Crippen LogP contribution in [0.2, 0.25) is 0 Å². The van der Waals surface area contributed by atoms with Crippen molar-refractivity contribution in [3.63, 3.8) is 0 Å². The first-order chi connectivity index (χ1) is 16.9. The van der Waals surface area contributed by atoms with E-state index < -0.39 is 28.8 Å². The minimum absolute atomic E-state index is 0.0162. The fraction of sp³-hybridized carbons (Fsp3) is 0.400. The van der Waals surface area contributed by atoms with E-state index in [4.69, 9.17) is 4.74 Å². The molecule has 2 amide bonds. The predicted molar refractivity (Wildman–Crippen MR) is 128 cm³/mol. The fourth-order valence-electron chi connectivity index (χ4n) is 4.20. The number of nitrogens with one attached hydrogen (secondary N) is 1. The number of benzene rings is 1. The summed E-state index contributed by atoms with van der Waals surface area (Å²) in [5, 5.41) is 15.1. The number of allylic oxidation sites excluding steroid dienone is 1. The highest BCUT2D eigenvalue weighted by Gasteiger charge is 2.32. The number of fused-ring (bicyclic) bond motifs is 2. The van der Waals surface area contributed by atoms with Crippen LogP contribution in [0, 0.1) is 5.82 Å². The summed E-state index contributed by atoms with van der Waals surface area (Å²) in [6.07, 6.45) is 9.76. The number of amides is 2. The Kier molecular flexibility index (Phi) is 7.38. The molecule has 0 atom stereocenters. The fourth-order valence-corrected chi connectivity index (χ4v) is 4.20. The van der Waals surface area contributed by atoms with Crippen LogP contribution in [-0.2, 0) is 6.54 Å². The molecule has 2 aliphatic heterocycles. The molecule has 10 heteroatoms. The average Bonchev–Trinajstić information content (AvgIpc) is 2.83. The highest BCUT2D eigenvalue weighted by molar-refractivity contribution is 5.99. The molecule has 2 aliphatic rings. The third-order valence-corrected chi connectivity index (χ3v) is 6.10. The van der Waals surface area contributed by atoms with Gasteiger partial charge in [0.25, 0.3) is 11.8 Å². The first kappa shape index (κ1) is 24.3. The predicted octanol–water partition coefficient (Wildman–Crippen LogP) is 2.50. The van der Waals surface area contributed by atoms with E-state index in [9.17, 15) is 23.9 Å². The van der Waals surface area contributed by atoms with Crippen molar-refractivity contribution in [2.24, 2.45) is 0 Å². The first-order valence-electron chi connectivity index (χ1n) is 11.7. The standard InChI is InChI=1S/C25H29FN4O5/c1-28-16-29-11-7-5-3-2-4-6-8-12-35-20-13-18(26)10-9-17(20)14-27-24(33)19-15-30(29)21(25(28)34)23(32)22(19)31/h4,6,9-10,13,15,32H,2-3,5,7-8,11-12,14,16H2,1H3,(H,27,33)/b6-4+. The zero-order valence-electron chi connectivity index (χ0n) is 19.6. The molecule has 186 valence electrons. The lowest BCUT2D eigenvalue weighted by Gasteiger charge is -2.38. The number of halogens is 1. The number of ether oxygens (including phenoxy) is 1. The zero-order valence-corrected chi connectivity index (χ0v) is 19.6. The van der Waals surface area contributed by atoms with Crippen LogP contribution in [0.1, 0.15) is 58.5 Å². The molecule has 1 aromatic carbocycles. The third kappa shape index (κ3) is 5.31. The molecule has 0 aliphatic carbocycles. The number of pyridine rings is 1. The molecule has 0 fully saturated rings. The van der Waals surface area contributed by atoms with E-state index in [0.29, 0.717) is 30.9 Å². The van der Waals surface area contributed by atoms with Gasteiger partial charge >= 0.3 is 0 Å². The molecule has 35 heavy (non-hydrogen) atoms. The van der Waals surface area contributed by atoms with Crippen LogP contribution in [0.5, 0.6) is 11.5 Å². The minimum atomic E-state index is -0.926. The maximum Gasteiger partial charge on any atom is 0.277 e. The van der Waals surface area contributed by atoms with Gasteiger partial charge in [0.15, 0.2) is 11.4 Å². The van der Waals surface area contributed by atoms with Crippen LogP contribution >= 0.6 is 0 Å². The highest BCUT2D eigenvalue weighted by atomic mass is 19.1. The second-order valence-electron chi connectivity index (χ2n) is 8.68. The maximum absolute atomic E-state index is 13.8. The molecule has 0 spiro atoms. The van der Waals surface area contributed by atoms with Gasteiger partial charge in [-0.05, 0) is 31.7 Å². The molecule has 0 radical (unpaired) electrons. The van der Waals surface area contributed by atoms with E-state index in [-0.39, 0.29) is 24.5 Å². The van der Waals surface area contributed by atoms with Crippen molar-refractivity contribution in [2.45, 2.75) is 38.6 Å². The lowest BCUT2D eigenvalue weighted by Crippen LogP contribution is -2.53. The number of carbonyl (C=O) groups is 2. The van der Waals surface area contributed by atoms with E-state index in [2.05, 4.69) is 11.4 Å². The van der Waals surface area contributed by atoms with E-state index in [0.717, 1.165) is 25.7 Å². The summed E-state index contributed by atoms with van der Waals surface area (Å²) in [7, 11) is 1.60. The monoisotopic (exact) mass is 484 g/mol. The molecule has 0 saturated carbocycles. The van der Waals surface area contributed by atoms with Crippen LogP contribution in [0.4, 0.5) is 4.39 Å². The van der Waals surface area contributed by atoms with E-state index >= 15 is 0 Å². The van der Waals surface area contributed by atoms with Crippen molar-refractivity contribution in [1.82, 2.24) is 14.9 Å². The van der Waals surface area contributed by atoms with Gasteiger partial charge in [-0.3, -0.25) is 24.1 Å². The molecule has 0 saturated heterocycles. The summed E-state index contributed by atoms with van der Waals surface area (Å²) < 4.78 is 20.9. The normalized spacial score (nSPS) is 18.5. The Bertz CT molecular complexity index is 1210. The average molecular weight is 485 g/mol. The Hall–Kier alpha value is -3.82. The Morgan fingerprint density at radius 2 is 1.89 bits per heavy atom. The van der Waals surface area contributed by atoms with Gasteiger partial charge in [0.1, 0.15) is 23.8 Å². The Morgan fingerprint density at radius 3 is 2.71 bits per heavy atom. The van der Waals surface area contributed by atoms with E-state index in [1.165, 1.54) is 34.0 Å². The molecule has 2 bridgehead atoms. The summed E-state index contributed by atoms with van der Waals surface area (Å²) in [5.74, 6) is -2.14. The quantitative estimate of drug-likeness (QED) is 0.557. The Labute approximate surface area is 202 Å². The van der Waals surface area contributed by atoms with Crippen molar-refractivity contribution in [3.05, 3.63) is 69.4 Å². The second-order valence-corrected chi connectivity index (χ2v) is 8.68. The third-order valence-electron chi connectivity index (χ3n) is 6.10. The minimum Gasteiger partial charge on any atom is -0.502 e. The van der Waals surface area contributed by atoms with Crippen LogP contribution in [0.3, 0.4) is 0 Å². The summed E-state index contributed by atoms with van der Waals surface area (Å²) in [5.41, 5.74) is -0.837. The van der Waals surface area contributed by atoms with Gasteiger partial charge in [-0.2, -0.15) is 0 Å². The molecule has 4 rings (SSSR count). The topological polar surface area (TPSA) is 104 Å². The van der Waals surface area contributed by atoms with Gasteiger partial charge in [0, 0.05) is 38.0 Å². The van der Waals surface area contributed by atoms with Crippen molar-refractivity contribution in [1.29, 1.82) is 0 Å². The van der Waals surface area contributed by atoms with Crippen molar-refractivity contribution >= 4 is 11.8 Å². The summed E-state index contributed by atoms with van der Waals surface area (Å²) in [4.78, 5) is 39.9. The molecule has 9 nitrogen and oxygen atoms in total. The molecule has 0 unspecified atom stereocenters. The van der Waals surface area contributed by atoms with Crippen molar-refractivity contribution in [2.75, 3.05) is 31.9 Å². The molecule has 2 aromatic rings. The van der Waals surface area contributed by atoms with Crippen LogP contribution in [-0.4, -0.2) is 53.4 Å². The molecular weight excluding hydrogens is 455 g/mol. The van der Waals surface area contributed by atoms with Gasteiger partial charge in [-0.25, -0.2) is 4.39 Å². The summed E-state index contributed by atoms with van der Waals surface area (Å²) in [6.45, 7) is 1.17. The van der Waals surface area contributed by atoms with Gasteiger partial charge in [0.2, 0.25) is 5.43 Å². The second kappa shape index (κ2) is 10.6. The summed E-state index contributed by atoms with van der Waals surface area (Å²) in [6, 6.07) is 4.04. The zero-order chi connectivity index (χ0) is 24.9. The molecule has 1 aromatic heterocycles. The Balaban J connectivity index is 1.69. The number of aromatic hydroxyl groups is 1. The maximum atomic E-state index is 13.8. The number of aromatic nitrogens is 1. The van der Waals surface area contributed by atoms with Gasteiger partial charge in [0.05, 0.1) is 6.61 Å². The smallest absolute Gasteiger partial charge is 0.277 e. The van der Waals surface area contributed by atoms with Crippen molar-refractivity contribution < 1.29 is 23.8 Å². The van der Waals surface area contributed by atoms with Gasteiger partial charge in [-0.1, -0.05) is 24.6 Å². The van der Waals surface area contributed by atoms with Gasteiger partial charge in [-0.15, -0.1) is 0 Å². The van der Waals surface area contributed by atoms with Crippen LogP contribution in [0.25, 0.3) is 0 Å². The number of hydrogen-bond acceptors (Lipinski definition) is 6. The SMILES string of the molecule is CN1CN2CCCCC/C=C/CCOc3cc(F)ccc3CNC(=O)c3cn2c(c(O)c3=O)C1=O. The highest BCUT2D eigenvalue weighted by Crippen LogP contribution is 2.23. The number of nitrogens with zero attached hydrogens (tertiary/aromatic N) is 3. The Morgan fingerprint density at radius 1 is 1.09 bits per heavy atom. The van der Waals surface area contributed by atoms with Crippen LogP contribution < -0.4 is 20.5 Å². The number of hydrogen-bond donors (Lipinski definition) is 2. The van der Waals surface area contributed by atoms with Crippen molar-refractivity contribution in [3.8, 4) is 11.5 Å². The lowest BCUT2D eigenvalue weighted by atomic mass is 10.1. The molecular formula is C25H29FN4O5. The van der Waals surface area contributed by atoms with E-state index in [1.54, 1.807) is 7.05 Å². The number of carbonyl (C=O) groups excluding carboxylic acids is 2.